The zero-order valence-corrected chi connectivity index (χ0v) is 14.5. The number of nitrogens with one attached hydrogen (secondary N) is 1. The number of hydrogen-bond donors (Lipinski definition) is 1. The lowest BCUT2D eigenvalue weighted by Crippen LogP contribution is -2.27. The van der Waals surface area contributed by atoms with Crippen LogP contribution >= 0.6 is 0 Å². The molecule has 8 heteroatoms. The summed E-state index contributed by atoms with van der Waals surface area (Å²) in [6.07, 6.45) is 5.19. The van der Waals surface area contributed by atoms with Crippen LogP contribution in [0, 0.1) is 0 Å². The zero-order chi connectivity index (χ0) is 16.7. The number of nitrogens with zero attached hydrogens (tertiary/aromatic N) is 6. The van der Waals surface area contributed by atoms with E-state index in [0.29, 0.717) is 12.0 Å². The number of rotatable bonds is 6. The van der Waals surface area contributed by atoms with Crippen molar-refractivity contribution in [3.63, 3.8) is 0 Å². The fourth-order valence-corrected chi connectivity index (χ4v) is 3.45. The lowest BCUT2D eigenvalue weighted by Gasteiger charge is -2.22. The van der Waals surface area contributed by atoms with Gasteiger partial charge in [0.15, 0.2) is 5.82 Å². The zero-order valence-electron chi connectivity index (χ0n) is 14.5. The monoisotopic (exact) mass is 331 g/mol. The lowest BCUT2D eigenvalue weighted by atomic mass is 10.2. The predicted molar refractivity (Wildman–Crippen MR) is 87.3 cm³/mol. The number of ether oxygens (including phenoxy) is 1. The maximum Gasteiger partial charge on any atom is 0.153 e. The van der Waals surface area contributed by atoms with Crippen molar-refractivity contribution in [1.29, 1.82) is 0 Å². The van der Waals surface area contributed by atoms with Crippen molar-refractivity contribution in [3.05, 3.63) is 23.8 Å². The SMILES string of the molecule is CO[C@@H]1C[C@@H](c2nc(C3CC3)n[nH]2)N(Cc2ncnn2C(C)C)C1. The van der Waals surface area contributed by atoms with Crippen molar-refractivity contribution >= 4 is 0 Å². The van der Waals surface area contributed by atoms with Gasteiger partial charge in [0, 0.05) is 25.6 Å². The summed E-state index contributed by atoms with van der Waals surface area (Å²) in [6.45, 7) is 5.85. The fraction of sp³-hybridized carbons (Fsp3) is 0.750. The second-order valence-corrected chi connectivity index (χ2v) is 7.11. The largest absolute Gasteiger partial charge is 0.380 e. The van der Waals surface area contributed by atoms with Gasteiger partial charge >= 0.3 is 0 Å². The van der Waals surface area contributed by atoms with Crippen LogP contribution in [0.5, 0.6) is 0 Å². The van der Waals surface area contributed by atoms with Crippen LogP contribution in [-0.4, -0.2) is 54.6 Å². The summed E-state index contributed by atoms with van der Waals surface area (Å²) in [5, 5.41) is 11.9. The van der Waals surface area contributed by atoms with Gasteiger partial charge < -0.3 is 4.74 Å². The van der Waals surface area contributed by atoms with Crippen molar-refractivity contribution in [1.82, 2.24) is 34.8 Å². The molecule has 24 heavy (non-hydrogen) atoms. The van der Waals surface area contributed by atoms with E-state index in [0.717, 1.165) is 37.0 Å². The Kier molecular flexibility index (Phi) is 4.09. The summed E-state index contributed by atoms with van der Waals surface area (Å²) in [6, 6.07) is 0.487. The van der Waals surface area contributed by atoms with Crippen LogP contribution in [0.3, 0.4) is 0 Å². The van der Waals surface area contributed by atoms with E-state index in [1.54, 1.807) is 13.4 Å². The average molecular weight is 331 g/mol. The second kappa shape index (κ2) is 6.25. The maximum absolute atomic E-state index is 5.61. The molecule has 8 nitrogen and oxygen atoms in total. The molecule has 2 aromatic heterocycles. The first-order valence-electron chi connectivity index (χ1n) is 8.73. The molecule has 2 aromatic rings. The third-order valence-corrected chi connectivity index (χ3v) is 4.96. The second-order valence-electron chi connectivity index (χ2n) is 7.11. The molecule has 1 saturated heterocycles. The Labute approximate surface area is 141 Å². The summed E-state index contributed by atoms with van der Waals surface area (Å²) in [4.78, 5) is 11.6. The quantitative estimate of drug-likeness (QED) is 0.869. The van der Waals surface area contributed by atoms with Crippen LogP contribution in [0.1, 0.15) is 68.6 Å². The molecule has 0 amide bonds. The van der Waals surface area contributed by atoms with E-state index in [9.17, 15) is 0 Å². The summed E-state index contributed by atoms with van der Waals surface area (Å²) in [7, 11) is 1.78. The van der Waals surface area contributed by atoms with Crippen LogP contribution in [-0.2, 0) is 11.3 Å². The van der Waals surface area contributed by atoms with Gasteiger partial charge in [-0.2, -0.15) is 10.2 Å². The van der Waals surface area contributed by atoms with E-state index in [4.69, 9.17) is 9.72 Å². The van der Waals surface area contributed by atoms with Gasteiger partial charge in [0.1, 0.15) is 18.0 Å². The normalized spacial score (nSPS) is 25.0. The molecule has 3 heterocycles. The van der Waals surface area contributed by atoms with Crippen LogP contribution in [0.15, 0.2) is 6.33 Å². The highest BCUT2D eigenvalue weighted by Gasteiger charge is 2.37. The first-order chi connectivity index (χ1) is 11.7. The molecule has 0 unspecified atom stereocenters. The van der Waals surface area contributed by atoms with E-state index in [-0.39, 0.29) is 12.1 Å². The molecule has 2 atom stereocenters. The summed E-state index contributed by atoms with van der Waals surface area (Å²) >= 11 is 0. The van der Waals surface area contributed by atoms with Crippen LogP contribution < -0.4 is 0 Å². The summed E-state index contributed by atoms with van der Waals surface area (Å²) in [5.41, 5.74) is 0. The smallest absolute Gasteiger partial charge is 0.153 e. The molecule has 2 aliphatic rings. The summed E-state index contributed by atoms with van der Waals surface area (Å²) in [5.74, 6) is 3.46. The first-order valence-corrected chi connectivity index (χ1v) is 8.73. The maximum atomic E-state index is 5.61. The molecular weight excluding hydrogens is 306 g/mol. The van der Waals surface area contributed by atoms with Crippen LogP contribution in [0.2, 0.25) is 0 Å². The van der Waals surface area contributed by atoms with Crippen molar-refractivity contribution in [3.8, 4) is 0 Å². The average Bonchev–Trinajstić information content (AvgIpc) is 3.01. The topological polar surface area (TPSA) is 84.8 Å². The highest BCUT2D eigenvalue weighted by atomic mass is 16.5. The number of methoxy groups -OCH3 is 1. The number of hydrogen-bond acceptors (Lipinski definition) is 6. The molecule has 4 rings (SSSR count). The Hall–Kier alpha value is -1.80. The molecule has 1 aliphatic carbocycles. The number of aromatic amines is 1. The van der Waals surface area contributed by atoms with Gasteiger partial charge in [-0.05, 0) is 33.1 Å². The predicted octanol–water partition coefficient (Wildman–Crippen LogP) is 1.82. The molecule has 0 radical (unpaired) electrons. The number of aromatic nitrogens is 6. The minimum absolute atomic E-state index is 0.187. The van der Waals surface area contributed by atoms with Crippen LogP contribution in [0.25, 0.3) is 0 Å². The van der Waals surface area contributed by atoms with E-state index >= 15 is 0 Å². The van der Waals surface area contributed by atoms with Crippen molar-refractivity contribution < 1.29 is 4.74 Å². The Morgan fingerprint density at radius 2 is 2.21 bits per heavy atom. The van der Waals surface area contributed by atoms with Gasteiger partial charge in [-0.3, -0.25) is 10.00 Å². The number of H-pyrrole nitrogens is 1. The van der Waals surface area contributed by atoms with Gasteiger partial charge in [0.05, 0.1) is 18.7 Å². The van der Waals surface area contributed by atoms with Gasteiger partial charge in [-0.15, -0.1) is 0 Å². The Morgan fingerprint density at radius 1 is 1.38 bits per heavy atom. The van der Waals surface area contributed by atoms with Crippen molar-refractivity contribution in [2.45, 2.75) is 63.8 Å². The molecule has 130 valence electrons. The highest BCUT2D eigenvalue weighted by molar-refractivity contribution is 5.09. The third kappa shape index (κ3) is 2.95. The minimum atomic E-state index is 0.187. The molecule has 0 bridgehead atoms. The lowest BCUT2D eigenvalue weighted by molar-refractivity contribution is 0.106. The Balaban J connectivity index is 1.55. The minimum Gasteiger partial charge on any atom is -0.380 e. The molecular formula is C16H25N7O. The van der Waals surface area contributed by atoms with Crippen LogP contribution in [0.4, 0.5) is 0 Å². The van der Waals surface area contributed by atoms with Gasteiger partial charge in [0.2, 0.25) is 0 Å². The standard InChI is InChI=1S/C16H25N7O/c1-10(2)23-14(17-9-18-23)8-22-7-12(24-3)6-13(22)16-19-15(20-21-16)11-4-5-11/h9-13H,4-8H2,1-3H3,(H,19,20,21)/t12-,13+/m1/s1. The Morgan fingerprint density at radius 3 is 2.92 bits per heavy atom. The molecule has 1 N–H and O–H groups in total. The van der Waals surface area contributed by atoms with Gasteiger partial charge in [-0.25, -0.2) is 14.6 Å². The van der Waals surface area contributed by atoms with Crippen molar-refractivity contribution in [2.24, 2.45) is 0 Å². The van der Waals surface area contributed by atoms with E-state index in [1.807, 2.05) is 4.68 Å². The molecule has 1 aliphatic heterocycles. The van der Waals surface area contributed by atoms with E-state index in [2.05, 4.69) is 39.0 Å². The molecule has 2 fully saturated rings. The van der Waals surface area contributed by atoms with E-state index in [1.165, 1.54) is 12.8 Å². The number of likely N-dealkylation sites (tertiary alicyclic amines) is 1. The van der Waals surface area contributed by atoms with Gasteiger partial charge in [0.25, 0.3) is 0 Å². The fourth-order valence-electron chi connectivity index (χ4n) is 3.45. The molecule has 1 saturated carbocycles. The summed E-state index contributed by atoms with van der Waals surface area (Å²) < 4.78 is 7.59. The Bertz CT molecular complexity index is 690. The molecule has 0 aromatic carbocycles. The van der Waals surface area contributed by atoms with Crippen molar-refractivity contribution in [2.75, 3.05) is 13.7 Å². The van der Waals surface area contributed by atoms with Gasteiger partial charge in [-0.1, -0.05) is 0 Å². The first kappa shape index (κ1) is 15.7. The third-order valence-electron chi connectivity index (χ3n) is 4.96. The highest BCUT2D eigenvalue weighted by Crippen LogP contribution is 2.39. The van der Waals surface area contributed by atoms with E-state index < -0.39 is 0 Å². The molecule has 0 spiro atoms.